The first kappa shape index (κ1) is 8.78. The standard InChI is InChI=1S/C10H11O2/c1-9(7-11)8-12-10-5-3-2-4-6-10/h2-6,9H,8H2,1H3. The molecule has 1 radical (unpaired) electrons. The molecule has 0 bridgehead atoms. The van der Waals surface area contributed by atoms with E-state index in [1.165, 1.54) is 0 Å². The van der Waals surface area contributed by atoms with Gasteiger partial charge in [-0.3, -0.25) is 4.79 Å². The zero-order valence-electron chi connectivity index (χ0n) is 6.99. The fraction of sp³-hybridized carbons (Fsp3) is 0.300. The first-order chi connectivity index (χ1) is 5.83. The van der Waals surface area contributed by atoms with E-state index in [2.05, 4.69) is 0 Å². The van der Waals surface area contributed by atoms with E-state index in [0.717, 1.165) is 5.75 Å². The number of ether oxygens (including phenoxy) is 1. The van der Waals surface area contributed by atoms with Gasteiger partial charge in [-0.1, -0.05) is 25.1 Å². The summed E-state index contributed by atoms with van der Waals surface area (Å²) in [4.78, 5) is 10.1. The molecule has 63 valence electrons. The molecule has 0 saturated carbocycles. The molecule has 0 N–H and O–H groups in total. The molecule has 0 spiro atoms. The third-order valence-electron chi connectivity index (χ3n) is 1.44. The molecule has 0 aliphatic rings. The van der Waals surface area contributed by atoms with Crippen molar-refractivity contribution in [1.29, 1.82) is 0 Å². The Labute approximate surface area is 72.2 Å². The molecule has 12 heavy (non-hydrogen) atoms. The SMILES string of the molecule is CC([C]=O)COc1ccccc1. The maximum Gasteiger partial charge on any atom is 0.204 e. The van der Waals surface area contributed by atoms with Gasteiger partial charge in [0, 0.05) is 0 Å². The van der Waals surface area contributed by atoms with Crippen LogP contribution in [0.25, 0.3) is 0 Å². The van der Waals surface area contributed by atoms with Gasteiger partial charge in [0.05, 0.1) is 12.5 Å². The van der Waals surface area contributed by atoms with Gasteiger partial charge in [0.2, 0.25) is 6.29 Å². The Hall–Kier alpha value is -1.31. The first-order valence-corrected chi connectivity index (χ1v) is 3.88. The summed E-state index contributed by atoms with van der Waals surface area (Å²) in [5.41, 5.74) is 0. The summed E-state index contributed by atoms with van der Waals surface area (Å²) in [6, 6.07) is 9.42. The summed E-state index contributed by atoms with van der Waals surface area (Å²) < 4.78 is 5.30. The highest BCUT2D eigenvalue weighted by Crippen LogP contribution is 2.08. The Morgan fingerprint density at radius 3 is 2.67 bits per heavy atom. The summed E-state index contributed by atoms with van der Waals surface area (Å²) in [6.45, 7) is 2.17. The van der Waals surface area contributed by atoms with Crippen molar-refractivity contribution in [2.24, 2.45) is 5.92 Å². The van der Waals surface area contributed by atoms with Crippen LogP contribution in [-0.2, 0) is 4.79 Å². The Bertz CT molecular complexity index is 231. The third kappa shape index (κ3) is 2.74. The highest BCUT2D eigenvalue weighted by Gasteiger charge is 2.00. The minimum atomic E-state index is -0.162. The van der Waals surface area contributed by atoms with E-state index in [0.29, 0.717) is 6.61 Å². The molecule has 2 nitrogen and oxygen atoms in total. The lowest BCUT2D eigenvalue weighted by atomic mass is 10.2. The minimum Gasteiger partial charge on any atom is -0.493 e. The van der Waals surface area contributed by atoms with Crippen molar-refractivity contribution in [3.63, 3.8) is 0 Å². The third-order valence-corrected chi connectivity index (χ3v) is 1.44. The Kier molecular flexibility index (Phi) is 3.33. The monoisotopic (exact) mass is 163 g/mol. The quantitative estimate of drug-likeness (QED) is 0.676. The van der Waals surface area contributed by atoms with Crippen LogP contribution in [0.15, 0.2) is 30.3 Å². The average Bonchev–Trinajstić information content (AvgIpc) is 2.16. The predicted molar refractivity (Wildman–Crippen MR) is 46.8 cm³/mol. The fourth-order valence-electron chi connectivity index (χ4n) is 0.772. The van der Waals surface area contributed by atoms with Crippen LogP contribution in [0.1, 0.15) is 6.92 Å². The molecular formula is C10H11O2. The van der Waals surface area contributed by atoms with Gasteiger partial charge in [0.15, 0.2) is 0 Å². The van der Waals surface area contributed by atoms with Gasteiger partial charge in [-0.2, -0.15) is 0 Å². The normalized spacial score (nSPS) is 12.1. The minimum absolute atomic E-state index is 0.162. The van der Waals surface area contributed by atoms with Crippen molar-refractivity contribution < 1.29 is 9.53 Å². The number of hydrogen-bond acceptors (Lipinski definition) is 2. The molecule has 1 aromatic carbocycles. The molecular weight excluding hydrogens is 152 g/mol. The van der Waals surface area contributed by atoms with Gasteiger partial charge in [-0.15, -0.1) is 0 Å². The lowest BCUT2D eigenvalue weighted by Crippen LogP contribution is -2.08. The van der Waals surface area contributed by atoms with Crippen molar-refractivity contribution in [2.75, 3.05) is 6.61 Å². The van der Waals surface area contributed by atoms with Crippen LogP contribution in [0.5, 0.6) is 5.75 Å². The van der Waals surface area contributed by atoms with Gasteiger partial charge < -0.3 is 4.74 Å². The maximum atomic E-state index is 10.1. The average molecular weight is 163 g/mol. The van der Waals surface area contributed by atoms with Crippen LogP contribution >= 0.6 is 0 Å². The van der Waals surface area contributed by atoms with E-state index in [-0.39, 0.29) is 5.92 Å². The van der Waals surface area contributed by atoms with Crippen LogP contribution in [0, 0.1) is 5.92 Å². The molecule has 0 saturated heterocycles. The van der Waals surface area contributed by atoms with E-state index in [1.807, 2.05) is 36.6 Å². The fourth-order valence-corrected chi connectivity index (χ4v) is 0.772. The lowest BCUT2D eigenvalue weighted by Gasteiger charge is -2.06. The van der Waals surface area contributed by atoms with E-state index in [4.69, 9.17) is 4.74 Å². The number of carbonyl (C=O) groups excluding carboxylic acids is 1. The van der Waals surface area contributed by atoms with Crippen molar-refractivity contribution in [2.45, 2.75) is 6.92 Å². The second kappa shape index (κ2) is 4.54. The summed E-state index contributed by atoms with van der Waals surface area (Å²) in [6.07, 6.45) is 1.86. The zero-order chi connectivity index (χ0) is 8.81. The van der Waals surface area contributed by atoms with Gasteiger partial charge in [0.25, 0.3) is 0 Å². The Morgan fingerprint density at radius 2 is 2.08 bits per heavy atom. The Balaban J connectivity index is 2.38. The molecule has 0 fully saturated rings. The largest absolute Gasteiger partial charge is 0.493 e. The van der Waals surface area contributed by atoms with E-state index in [9.17, 15) is 4.79 Å². The summed E-state index contributed by atoms with van der Waals surface area (Å²) in [5, 5.41) is 0. The topological polar surface area (TPSA) is 26.3 Å². The summed E-state index contributed by atoms with van der Waals surface area (Å²) in [5.74, 6) is 0.629. The molecule has 1 rings (SSSR count). The molecule has 0 aliphatic heterocycles. The lowest BCUT2D eigenvalue weighted by molar-refractivity contribution is 0.289. The highest BCUT2D eigenvalue weighted by molar-refractivity contribution is 5.53. The second-order valence-corrected chi connectivity index (χ2v) is 2.64. The van der Waals surface area contributed by atoms with E-state index < -0.39 is 0 Å². The molecule has 0 heterocycles. The molecule has 1 aromatic rings. The molecule has 1 unspecified atom stereocenters. The maximum absolute atomic E-state index is 10.1. The summed E-state index contributed by atoms with van der Waals surface area (Å²) in [7, 11) is 0. The van der Waals surface area contributed by atoms with Gasteiger partial charge >= 0.3 is 0 Å². The van der Waals surface area contributed by atoms with Crippen LogP contribution in [0.4, 0.5) is 0 Å². The van der Waals surface area contributed by atoms with Crippen molar-refractivity contribution in [3.8, 4) is 5.75 Å². The smallest absolute Gasteiger partial charge is 0.204 e. The number of rotatable bonds is 4. The van der Waals surface area contributed by atoms with E-state index in [1.54, 1.807) is 6.92 Å². The molecule has 0 aliphatic carbocycles. The van der Waals surface area contributed by atoms with E-state index >= 15 is 0 Å². The van der Waals surface area contributed by atoms with Crippen LogP contribution < -0.4 is 4.74 Å². The van der Waals surface area contributed by atoms with Crippen LogP contribution in [-0.4, -0.2) is 12.9 Å². The first-order valence-electron chi connectivity index (χ1n) is 3.88. The van der Waals surface area contributed by atoms with Gasteiger partial charge in [0.1, 0.15) is 5.75 Å². The summed E-state index contributed by atoms with van der Waals surface area (Å²) >= 11 is 0. The second-order valence-electron chi connectivity index (χ2n) is 2.64. The van der Waals surface area contributed by atoms with Gasteiger partial charge in [-0.05, 0) is 12.1 Å². The molecule has 2 heteroatoms. The molecule has 0 amide bonds. The van der Waals surface area contributed by atoms with Crippen molar-refractivity contribution in [3.05, 3.63) is 30.3 Å². The van der Waals surface area contributed by atoms with Crippen LogP contribution in [0.3, 0.4) is 0 Å². The molecule has 1 atom stereocenters. The zero-order valence-corrected chi connectivity index (χ0v) is 6.99. The predicted octanol–water partition coefficient (Wildman–Crippen LogP) is 1.81. The molecule has 0 aromatic heterocycles. The van der Waals surface area contributed by atoms with Crippen molar-refractivity contribution in [1.82, 2.24) is 0 Å². The Morgan fingerprint density at radius 1 is 1.42 bits per heavy atom. The number of para-hydroxylation sites is 1. The van der Waals surface area contributed by atoms with Crippen molar-refractivity contribution >= 4 is 6.29 Å². The highest BCUT2D eigenvalue weighted by atomic mass is 16.5. The van der Waals surface area contributed by atoms with Gasteiger partial charge in [-0.25, -0.2) is 0 Å². The number of benzene rings is 1. The number of hydrogen-bond donors (Lipinski definition) is 0. The van der Waals surface area contributed by atoms with Crippen LogP contribution in [0.2, 0.25) is 0 Å².